The summed E-state index contributed by atoms with van der Waals surface area (Å²) < 4.78 is 0. The Balaban J connectivity index is 0. The van der Waals surface area contributed by atoms with Crippen molar-refractivity contribution < 1.29 is 12.8 Å². The Kier molecular flexibility index (Phi) is 6.93. The molecular weight excluding hydrogens is 335 g/mol. The van der Waals surface area contributed by atoms with Gasteiger partial charge in [-0.05, 0) is 0 Å². The maximum absolute atomic E-state index is 5.04. The Morgan fingerprint density at radius 3 is 0.833 bits per heavy atom. The van der Waals surface area contributed by atoms with Crippen LogP contribution in [0.3, 0.4) is 0 Å². The zero-order chi connectivity index (χ0) is 4.50. The number of halogens is 4. The van der Waals surface area contributed by atoms with E-state index in [0.29, 0.717) is 0 Å². The van der Waals surface area contributed by atoms with E-state index >= 15 is 0 Å². The van der Waals surface area contributed by atoms with Gasteiger partial charge in [-0.25, -0.2) is 0 Å². The van der Waals surface area contributed by atoms with Crippen molar-refractivity contribution in [3.8, 4) is 0 Å². The summed E-state index contributed by atoms with van der Waals surface area (Å²) in [6.07, 6.45) is 0. The van der Waals surface area contributed by atoms with Crippen LogP contribution in [0.1, 0.15) is 0 Å². The summed E-state index contributed by atoms with van der Waals surface area (Å²) in [5.41, 5.74) is 0. The normalized spacial score (nSPS) is 10.0. The Morgan fingerprint density at radius 2 is 0.833 bits per heavy atom. The molecule has 0 aromatic rings. The van der Waals surface area contributed by atoms with Crippen molar-refractivity contribution >= 4 is 36.8 Å². The molecule has 0 N–H and O–H groups in total. The fourth-order valence-electron chi connectivity index (χ4n) is 0. The molecule has 0 aliphatic heterocycles. The topological polar surface area (TPSA) is 0 Å². The molecular formula is CH3Cl4Ta-. The number of hydrogen-bond donors (Lipinski definition) is 0. The van der Waals surface area contributed by atoms with E-state index in [1.807, 2.05) is 0 Å². The van der Waals surface area contributed by atoms with Gasteiger partial charge < -0.3 is 7.43 Å². The summed E-state index contributed by atoms with van der Waals surface area (Å²) in [5.74, 6) is 0. The van der Waals surface area contributed by atoms with E-state index in [2.05, 4.69) is 0 Å². The second-order valence-corrected chi connectivity index (χ2v) is 28.2. The van der Waals surface area contributed by atoms with Crippen molar-refractivity contribution in [1.82, 2.24) is 0 Å². The molecule has 0 aromatic carbocycles. The summed E-state index contributed by atoms with van der Waals surface area (Å²) in [4.78, 5) is 0. The number of hydrogen-bond acceptors (Lipinski definition) is 0. The van der Waals surface area contributed by atoms with Crippen LogP contribution in [-0.4, -0.2) is 0 Å². The minimum atomic E-state index is -3.33. The standard InChI is InChI=1S/CH3.4ClH.Ta/h1H3;4*1H;/q-1;;;;;+4/p-4. The van der Waals surface area contributed by atoms with Crippen LogP contribution in [-0.2, 0) is 12.8 Å². The Hall–Kier alpha value is 1.90. The van der Waals surface area contributed by atoms with Crippen molar-refractivity contribution in [2.24, 2.45) is 0 Å². The van der Waals surface area contributed by atoms with Gasteiger partial charge in [0.05, 0.1) is 0 Å². The molecule has 0 rings (SSSR count). The van der Waals surface area contributed by atoms with Crippen LogP contribution in [0.5, 0.6) is 0 Å². The average Bonchev–Trinajstić information content (AvgIpc) is 0.722. The van der Waals surface area contributed by atoms with Crippen molar-refractivity contribution in [2.45, 2.75) is 0 Å². The molecule has 0 aromatic heterocycles. The summed E-state index contributed by atoms with van der Waals surface area (Å²) in [7, 11) is 20.2. The third kappa shape index (κ3) is 39.2. The third-order valence-corrected chi connectivity index (χ3v) is 0. The first kappa shape index (κ1) is 10.8. The monoisotopic (exact) mass is 336 g/mol. The molecule has 6 heavy (non-hydrogen) atoms. The zero-order valence-electron chi connectivity index (χ0n) is 2.96. The van der Waals surface area contributed by atoms with Crippen molar-refractivity contribution in [3.63, 3.8) is 0 Å². The van der Waals surface area contributed by atoms with Gasteiger partial charge in [-0.15, -0.1) is 0 Å². The van der Waals surface area contributed by atoms with E-state index in [1.54, 1.807) is 0 Å². The van der Waals surface area contributed by atoms with E-state index in [4.69, 9.17) is 36.8 Å². The van der Waals surface area contributed by atoms with Crippen LogP contribution < -0.4 is 0 Å². The van der Waals surface area contributed by atoms with Crippen molar-refractivity contribution in [1.29, 1.82) is 0 Å². The van der Waals surface area contributed by atoms with Gasteiger partial charge in [0.1, 0.15) is 0 Å². The van der Waals surface area contributed by atoms with Crippen LogP contribution >= 0.6 is 36.8 Å². The van der Waals surface area contributed by atoms with E-state index in [9.17, 15) is 0 Å². The fourth-order valence-corrected chi connectivity index (χ4v) is 0. The Bertz CT molecular complexity index is 23.0. The minimum absolute atomic E-state index is 0. The molecule has 0 aliphatic rings. The van der Waals surface area contributed by atoms with Gasteiger partial charge in [-0.3, -0.25) is 0 Å². The van der Waals surface area contributed by atoms with Gasteiger partial charge >= 0.3 is 49.6 Å². The van der Waals surface area contributed by atoms with Gasteiger partial charge in [0, 0.05) is 0 Å². The molecule has 0 nitrogen and oxygen atoms in total. The molecule has 41 valence electrons. The van der Waals surface area contributed by atoms with Gasteiger partial charge in [0.15, 0.2) is 0 Å². The molecule has 0 aliphatic carbocycles. The second kappa shape index (κ2) is 3.85. The molecule has 0 saturated heterocycles. The first-order chi connectivity index (χ1) is 2.00. The van der Waals surface area contributed by atoms with Crippen LogP contribution in [0.2, 0.25) is 0 Å². The van der Waals surface area contributed by atoms with Crippen LogP contribution in [0.25, 0.3) is 0 Å². The summed E-state index contributed by atoms with van der Waals surface area (Å²) in [6, 6.07) is 0. The van der Waals surface area contributed by atoms with E-state index in [-0.39, 0.29) is 7.43 Å². The third-order valence-electron chi connectivity index (χ3n) is 0. The zero-order valence-corrected chi connectivity index (χ0v) is 9.20. The van der Waals surface area contributed by atoms with Crippen LogP contribution in [0, 0.1) is 7.43 Å². The molecule has 0 fully saturated rings. The van der Waals surface area contributed by atoms with Crippen molar-refractivity contribution in [2.75, 3.05) is 0 Å². The van der Waals surface area contributed by atoms with Gasteiger partial charge in [0.25, 0.3) is 0 Å². The van der Waals surface area contributed by atoms with Crippen LogP contribution in [0.4, 0.5) is 0 Å². The van der Waals surface area contributed by atoms with E-state index in [1.165, 1.54) is 0 Å². The average molecular weight is 338 g/mol. The molecule has 0 spiro atoms. The van der Waals surface area contributed by atoms with Gasteiger partial charge in [-0.2, -0.15) is 0 Å². The maximum atomic E-state index is 5.04. The Labute approximate surface area is 56.5 Å². The van der Waals surface area contributed by atoms with E-state index < -0.39 is 12.8 Å². The summed E-state index contributed by atoms with van der Waals surface area (Å²) in [6.45, 7) is 0. The summed E-state index contributed by atoms with van der Waals surface area (Å²) in [5, 5.41) is 0. The molecule has 0 saturated carbocycles. The Morgan fingerprint density at radius 1 is 0.833 bits per heavy atom. The second-order valence-electron chi connectivity index (χ2n) is 0.383. The van der Waals surface area contributed by atoms with Gasteiger partial charge in [-0.1, -0.05) is 0 Å². The summed E-state index contributed by atoms with van der Waals surface area (Å²) >= 11 is -3.33. The molecule has 0 bridgehead atoms. The first-order valence-electron chi connectivity index (χ1n) is 0.676. The van der Waals surface area contributed by atoms with E-state index in [0.717, 1.165) is 0 Å². The fraction of sp³-hybridized carbons (Fsp3) is 0. The van der Waals surface area contributed by atoms with Gasteiger partial charge in [0.2, 0.25) is 0 Å². The molecule has 5 heteroatoms. The molecule has 0 unspecified atom stereocenters. The predicted molar refractivity (Wildman–Crippen MR) is 29.8 cm³/mol. The number of rotatable bonds is 0. The van der Waals surface area contributed by atoms with Crippen molar-refractivity contribution in [3.05, 3.63) is 7.43 Å². The van der Waals surface area contributed by atoms with Crippen LogP contribution in [0.15, 0.2) is 0 Å². The molecule has 0 amide bonds. The predicted octanol–water partition coefficient (Wildman–Crippen LogP) is 3.21. The SMILES string of the molecule is [CH3-].[Cl][Ta]([Cl])([Cl])[Cl]. The molecule has 0 atom stereocenters. The quantitative estimate of drug-likeness (QED) is 0.595. The molecule has 0 radical (unpaired) electrons. The first-order valence-corrected chi connectivity index (χ1v) is 16.6. The molecule has 0 heterocycles.